The molecule has 33 heavy (non-hydrogen) atoms. The number of nitrogens with zero attached hydrogens (tertiary/aromatic N) is 1. The molecule has 5 nitrogen and oxygen atoms in total. The molecule has 180 valence electrons. The van der Waals surface area contributed by atoms with Gasteiger partial charge in [-0.2, -0.15) is 17.5 Å². The number of alkyl halides is 3. The Hall–Kier alpha value is -2.39. The van der Waals surface area contributed by atoms with Crippen LogP contribution in [0.1, 0.15) is 50.3 Å². The summed E-state index contributed by atoms with van der Waals surface area (Å²) in [4.78, 5) is 12.7. The number of hydrogen-bond acceptors (Lipinski definition) is 3. The molecule has 1 aliphatic rings. The van der Waals surface area contributed by atoms with Gasteiger partial charge in [0.15, 0.2) is 0 Å². The van der Waals surface area contributed by atoms with Crippen molar-refractivity contribution >= 4 is 15.9 Å². The van der Waals surface area contributed by atoms with Gasteiger partial charge < -0.3 is 5.32 Å². The van der Waals surface area contributed by atoms with E-state index in [4.69, 9.17) is 0 Å². The Bertz CT molecular complexity index is 1080. The summed E-state index contributed by atoms with van der Waals surface area (Å²) in [6, 6.07) is 11.7. The lowest BCUT2D eigenvalue weighted by molar-refractivity contribution is -0.137. The van der Waals surface area contributed by atoms with E-state index in [1.807, 2.05) is 12.1 Å². The van der Waals surface area contributed by atoms with E-state index in [1.54, 1.807) is 12.1 Å². The summed E-state index contributed by atoms with van der Waals surface area (Å²) < 4.78 is 65.9. The number of piperidine rings is 1. The highest BCUT2D eigenvalue weighted by molar-refractivity contribution is 7.89. The maximum atomic E-state index is 13.0. The lowest BCUT2D eigenvalue weighted by atomic mass is 9.87. The molecular formula is C24H29F3N2O3S. The number of carbonyl (C=O) groups is 1. The molecule has 1 saturated heterocycles. The van der Waals surface area contributed by atoms with Crippen LogP contribution in [0.15, 0.2) is 53.4 Å². The zero-order chi connectivity index (χ0) is 24.4. The number of carbonyl (C=O) groups excluding carboxylic acids is 1. The molecule has 9 heteroatoms. The van der Waals surface area contributed by atoms with Gasteiger partial charge in [0, 0.05) is 25.6 Å². The van der Waals surface area contributed by atoms with Gasteiger partial charge in [-0.3, -0.25) is 4.79 Å². The van der Waals surface area contributed by atoms with Crippen LogP contribution in [0.3, 0.4) is 0 Å². The van der Waals surface area contributed by atoms with Crippen LogP contribution in [0.25, 0.3) is 0 Å². The van der Waals surface area contributed by atoms with Crippen LogP contribution in [0, 0.1) is 5.92 Å². The highest BCUT2D eigenvalue weighted by Crippen LogP contribution is 2.30. The topological polar surface area (TPSA) is 66.5 Å². The molecule has 0 aromatic heterocycles. The average Bonchev–Trinajstić information content (AvgIpc) is 2.76. The predicted molar refractivity (Wildman–Crippen MR) is 120 cm³/mol. The summed E-state index contributed by atoms with van der Waals surface area (Å²) in [5, 5.41) is 2.68. The average molecular weight is 483 g/mol. The molecule has 0 bridgehead atoms. The van der Waals surface area contributed by atoms with Gasteiger partial charge in [-0.05, 0) is 53.6 Å². The van der Waals surface area contributed by atoms with Crippen molar-refractivity contribution in [3.63, 3.8) is 0 Å². The Labute approximate surface area is 193 Å². The van der Waals surface area contributed by atoms with Gasteiger partial charge in [-0.25, -0.2) is 8.42 Å². The Kier molecular flexibility index (Phi) is 7.24. The minimum Gasteiger partial charge on any atom is -0.352 e. The van der Waals surface area contributed by atoms with E-state index < -0.39 is 21.8 Å². The van der Waals surface area contributed by atoms with Crippen LogP contribution >= 0.6 is 0 Å². The van der Waals surface area contributed by atoms with Crippen molar-refractivity contribution in [1.29, 1.82) is 0 Å². The molecule has 0 atom stereocenters. The number of benzene rings is 2. The van der Waals surface area contributed by atoms with Crippen LogP contribution in [-0.4, -0.2) is 31.7 Å². The van der Waals surface area contributed by atoms with Crippen molar-refractivity contribution in [3.05, 3.63) is 65.2 Å². The summed E-state index contributed by atoms with van der Waals surface area (Å²) in [6.07, 6.45) is -3.73. The van der Waals surface area contributed by atoms with Crippen molar-refractivity contribution < 1.29 is 26.4 Å². The van der Waals surface area contributed by atoms with E-state index in [0.717, 1.165) is 17.7 Å². The summed E-state index contributed by atoms with van der Waals surface area (Å²) >= 11 is 0. The molecule has 1 aliphatic heterocycles. The third-order valence-electron chi connectivity index (χ3n) is 5.90. The summed E-state index contributed by atoms with van der Waals surface area (Å²) in [7, 11) is -3.65. The molecule has 0 saturated carbocycles. The van der Waals surface area contributed by atoms with Gasteiger partial charge in [0.1, 0.15) is 0 Å². The van der Waals surface area contributed by atoms with Crippen molar-refractivity contribution in [3.8, 4) is 0 Å². The fraction of sp³-hybridized carbons (Fsp3) is 0.458. The fourth-order valence-electron chi connectivity index (χ4n) is 3.83. The van der Waals surface area contributed by atoms with Gasteiger partial charge in [-0.1, -0.05) is 45.0 Å². The first-order chi connectivity index (χ1) is 15.3. The van der Waals surface area contributed by atoms with E-state index in [9.17, 15) is 26.4 Å². The van der Waals surface area contributed by atoms with Crippen LogP contribution in [-0.2, 0) is 33.0 Å². The van der Waals surface area contributed by atoms with Crippen molar-refractivity contribution in [2.24, 2.45) is 5.92 Å². The molecule has 0 radical (unpaired) electrons. The van der Waals surface area contributed by atoms with Gasteiger partial charge >= 0.3 is 6.18 Å². The largest absolute Gasteiger partial charge is 0.416 e. The van der Waals surface area contributed by atoms with E-state index in [2.05, 4.69) is 26.1 Å². The Balaban J connectivity index is 1.56. The number of nitrogens with one attached hydrogen (secondary N) is 1. The maximum Gasteiger partial charge on any atom is 0.416 e. The fourth-order valence-corrected chi connectivity index (χ4v) is 5.30. The second-order valence-corrected chi connectivity index (χ2v) is 11.3. The lowest BCUT2D eigenvalue weighted by Crippen LogP contribution is -2.42. The van der Waals surface area contributed by atoms with Gasteiger partial charge in [0.2, 0.25) is 15.9 Å². The molecule has 2 aromatic carbocycles. The smallest absolute Gasteiger partial charge is 0.352 e. The molecule has 1 fully saturated rings. The molecule has 1 N–H and O–H groups in total. The van der Waals surface area contributed by atoms with Crippen molar-refractivity contribution in [2.75, 3.05) is 13.1 Å². The minimum atomic E-state index is -4.44. The number of amides is 1. The maximum absolute atomic E-state index is 13.0. The van der Waals surface area contributed by atoms with Gasteiger partial charge in [-0.15, -0.1) is 0 Å². The molecule has 0 unspecified atom stereocenters. The first-order valence-electron chi connectivity index (χ1n) is 10.8. The zero-order valence-electron chi connectivity index (χ0n) is 18.9. The first kappa shape index (κ1) is 25.2. The molecule has 3 rings (SSSR count). The van der Waals surface area contributed by atoms with Crippen LogP contribution in [0.5, 0.6) is 0 Å². The van der Waals surface area contributed by atoms with E-state index in [0.29, 0.717) is 18.4 Å². The Morgan fingerprint density at radius 3 is 2.15 bits per heavy atom. The molecule has 0 aliphatic carbocycles. The van der Waals surface area contributed by atoms with Crippen molar-refractivity contribution in [1.82, 2.24) is 9.62 Å². The number of halogens is 3. The third kappa shape index (κ3) is 6.14. The summed E-state index contributed by atoms with van der Waals surface area (Å²) in [6.45, 7) is 6.58. The number of rotatable bonds is 5. The highest BCUT2D eigenvalue weighted by atomic mass is 32.2. The van der Waals surface area contributed by atoms with Crippen LogP contribution < -0.4 is 5.32 Å². The lowest BCUT2D eigenvalue weighted by Gasteiger charge is -2.30. The van der Waals surface area contributed by atoms with E-state index in [-0.39, 0.29) is 41.8 Å². The standard InChI is InChI=1S/C24H29F3N2O3S/c1-23(2,3)19-7-9-21(10-8-19)33(31,32)29-13-11-18(12-14-29)22(30)28-16-17-5-4-6-20(15-17)24(25,26)27/h4-10,15,18H,11-14,16H2,1-3H3,(H,28,30). The SMILES string of the molecule is CC(C)(C)c1ccc(S(=O)(=O)N2CCC(C(=O)NCc3cccc(C(F)(F)F)c3)CC2)cc1. The van der Waals surface area contributed by atoms with E-state index in [1.165, 1.54) is 16.4 Å². The van der Waals surface area contributed by atoms with Gasteiger partial charge in [0.05, 0.1) is 10.5 Å². The number of sulfonamides is 1. The second-order valence-electron chi connectivity index (χ2n) is 9.37. The zero-order valence-corrected chi connectivity index (χ0v) is 19.8. The first-order valence-corrected chi connectivity index (χ1v) is 12.3. The summed E-state index contributed by atoms with van der Waals surface area (Å²) in [5.74, 6) is -0.662. The monoisotopic (exact) mass is 482 g/mol. The normalized spacial score (nSPS) is 16.5. The Morgan fingerprint density at radius 1 is 1.00 bits per heavy atom. The third-order valence-corrected chi connectivity index (χ3v) is 7.82. The van der Waals surface area contributed by atoms with Crippen LogP contribution in [0.2, 0.25) is 0 Å². The molecule has 1 amide bonds. The van der Waals surface area contributed by atoms with Crippen LogP contribution in [0.4, 0.5) is 13.2 Å². The molecular weight excluding hydrogens is 453 g/mol. The molecule has 1 heterocycles. The predicted octanol–water partition coefficient (Wildman–Crippen LogP) is 4.72. The summed E-state index contributed by atoms with van der Waals surface area (Å²) in [5.41, 5.74) is 0.556. The minimum absolute atomic E-state index is 0.0125. The Morgan fingerprint density at radius 2 is 1.61 bits per heavy atom. The quantitative estimate of drug-likeness (QED) is 0.671. The van der Waals surface area contributed by atoms with Crippen molar-refractivity contribution in [2.45, 2.75) is 56.6 Å². The molecule has 2 aromatic rings. The van der Waals surface area contributed by atoms with Gasteiger partial charge in [0.25, 0.3) is 0 Å². The van der Waals surface area contributed by atoms with E-state index >= 15 is 0 Å². The molecule has 0 spiro atoms. The highest BCUT2D eigenvalue weighted by Gasteiger charge is 2.33. The second kappa shape index (κ2) is 9.46. The number of hydrogen-bond donors (Lipinski definition) is 1.